The average Bonchev–Trinajstić information content (AvgIpc) is 3.06. The second kappa shape index (κ2) is 16.8. The molecule has 0 spiro atoms. The van der Waals surface area contributed by atoms with Gasteiger partial charge in [0.15, 0.2) is 17.3 Å². The van der Waals surface area contributed by atoms with Crippen molar-refractivity contribution in [1.82, 2.24) is 9.97 Å². The molecule has 0 fully saturated rings. The van der Waals surface area contributed by atoms with Gasteiger partial charge in [-0.2, -0.15) is 0 Å². The fourth-order valence-electron chi connectivity index (χ4n) is 4.93. The molecule has 0 unspecified atom stereocenters. The molecule has 2 aromatic carbocycles. The Labute approximate surface area is 301 Å². The Morgan fingerprint density at radius 3 is 1.59 bits per heavy atom. The van der Waals surface area contributed by atoms with E-state index in [4.69, 9.17) is 29.7 Å². The quantitative estimate of drug-likeness (QED) is 0.209. The van der Waals surface area contributed by atoms with E-state index < -0.39 is 23.4 Å². The monoisotopic (exact) mass is 698 g/mol. The van der Waals surface area contributed by atoms with E-state index in [0.717, 1.165) is 16.8 Å². The van der Waals surface area contributed by atoms with Gasteiger partial charge in [-0.25, -0.2) is 24.5 Å². The van der Waals surface area contributed by atoms with E-state index in [2.05, 4.69) is 9.97 Å². The summed E-state index contributed by atoms with van der Waals surface area (Å²) in [6.45, 7) is 12.7. The lowest BCUT2D eigenvalue weighted by molar-refractivity contribution is 0.0557. The van der Waals surface area contributed by atoms with Gasteiger partial charge in [0.2, 0.25) is 0 Å². The molecular weight excluding hydrogens is 648 g/mol. The summed E-state index contributed by atoms with van der Waals surface area (Å²) >= 11 is 0. The largest absolute Gasteiger partial charge is 0.488 e. The maximum Gasteiger partial charge on any atom is 0.415 e. The summed E-state index contributed by atoms with van der Waals surface area (Å²) in [6.07, 6.45) is 2.31. The molecule has 0 saturated carbocycles. The van der Waals surface area contributed by atoms with Crippen LogP contribution in [0.4, 0.5) is 32.6 Å². The molecule has 12 heteroatoms. The van der Waals surface area contributed by atoms with Crippen LogP contribution in [0, 0.1) is 0 Å². The Balaban J connectivity index is 0.000000302. The number of aromatic nitrogens is 2. The molecule has 2 amide bonds. The third-order valence-corrected chi connectivity index (χ3v) is 6.98. The van der Waals surface area contributed by atoms with Crippen LogP contribution in [0.25, 0.3) is 0 Å². The van der Waals surface area contributed by atoms with Crippen molar-refractivity contribution in [3.05, 3.63) is 96.3 Å². The smallest absolute Gasteiger partial charge is 0.415 e. The first kappa shape index (κ1) is 39.8. The second-order valence-electron chi connectivity index (χ2n) is 13.2. The van der Waals surface area contributed by atoms with Crippen LogP contribution in [0.2, 0.25) is 0 Å². The topological polar surface area (TPSA) is 142 Å². The number of hydrogen-bond acceptors (Lipinski definition) is 10. The minimum atomic E-state index is -0.586. The summed E-state index contributed by atoms with van der Waals surface area (Å²) in [4.78, 5) is 41.2. The van der Waals surface area contributed by atoms with Gasteiger partial charge >= 0.3 is 12.2 Å². The number of amides is 2. The van der Waals surface area contributed by atoms with Crippen molar-refractivity contribution in [1.29, 1.82) is 0 Å². The Hall–Kier alpha value is -5.65. The van der Waals surface area contributed by atoms with E-state index in [1.807, 2.05) is 102 Å². The van der Waals surface area contributed by atoms with Crippen LogP contribution in [0.1, 0.15) is 67.5 Å². The summed E-state index contributed by atoms with van der Waals surface area (Å²) < 4.78 is 22.0. The number of carbonyl (C=O) groups excluding carboxylic acids is 2. The predicted octanol–water partition coefficient (Wildman–Crippen LogP) is 8.45. The zero-order chi connectivity index (χ0) is 35.2. The van der Waals surface area contributed by atoms with Crippen LogP contribution in [-0.4, -0.2) is 65.4 Å². The van der Waals surface area contributed by atoms with Crippen molar-refractivity contribution >= 4 is 40.9 Å². The Morgan fingerprint density at radius 1 is 0.706 bits per heavy atom. The number of fused-ring (bicyclic) bond motifs is 2. The number of carbonyl (C=O) groups is 2. The van der Waals surface area contributed by atoms with Crippen LogP contribution in [-0.2, 0) is 9.47 Å². The van der Waals surface area contributed by atoms with Crippen LogP contribution < -0.4 is 25.0 Å². The molecule has 12 nitrogen and oxygen atoms in total. The Kier molecular flexibility index (Phi) is 13.1. The van der Waals surface area contributed by atoms with Crippen molar-refractivity contribution in [3.63, 3.8) is 0 Å². The van der Waals surface area contributed by atoms with E-state index in [1.165, 1.54) is 11.1 Å². The van der Waals surface area contributed by atoms with Crippen LogP contribution in [0.3, 0.4) is 0 Å². The van der Waals surface area contributed by atoms with E-state index >= 15 is 0 Å². The number of ether oxygens (including phenoxy) is 4. The summed E-state index contributed by atoms with van der Waals surface area (Å²) in [5.41, 5.74) is 8.47. The molecule has 2 aromatic heterocycles. The lowest BCUT2D eigenvalue weighted by Crippen LogP contribution is -2.41. The van der Waals surface area contributed by atoms with Gasteiger partial charge in [0, 0.05) is 23.3 Å². The number of anilines is 3. The normalized spacial score (nSPS) is 13.1. The highest BCUT2D eigenvalue weighted by Gasteiger charge is 2.30. The minimum Gasteiger partial charge on any atom is -0.488 e. The standard InChI is InChI=1S/C25H25N3O3.C12H17N3O3.2CH4/c1-25(2,3)31-24(29)28-14-15-30-21-17-26-22(16-20(21)28)27-23(18-10-6-4-7-11-18)19-12-8-5-9-13-19;1-12(2,3)18-11(16)15-4-5-17-9-7-14-10(13)6-8(9)15;;/h4-13,16-17H,14-15H2,1-3H3;6-7H,4-5H2,1-3H3,(H2,13,14);2*1H4. The van der Waals surface area contributed by atoms with Crippen LogP contribution in [0.5, 0.6) is 11.5 Å². The number of hydrogen-bond donors (Lipinski definition) is 1. The first-order valence-electron chi connectivity index (χ1n) is 16.0. The van der Waals surface area contributed by atoms with Crippen molar-refractivity contribution in [2.45, 2.75) is 67.6 Å². The molecule has 2 N–H and O–H groups in total. The lowest BCUT2D eigenvalue weighted by atomic mass is 10.0. The van der Waals surface area contributed by atoms with Gasteiger partial charge in [-0.05, 0) is 41.5 Å². The van der Waals surface area contributed by atoms with Gasteiger partial charge < -0.3 is 24.7 Å². The van der Waals surface area contributed by atoms with Crippen LogP contribution in [0.15, 0.2) is 90.2 Å². The molecule has 272 valence electrons. The molecule has 2 aliphatic rings. The zero-order valence-electron chi connectivity index (χ0n) is 28.7. The highest BCUT2D eigenvalue weighted by atomic mass is 16.6. The molecule has 0 atom stereocenters. The fraction of sp³-hybridized carbons (Fsp3) is 0.359. The fourth-order valence-corrected chi connectivity index (χ4v) is 4.93. The maximum absolute atomic E-state index is 12.7. The molecule has 4 heterocycles. The number of nitrogen functional groups attached to an aromatic ring is 1. The summed E-state index contributed by atoms with van der Waals surface area (Å²) in [5.74, 6) is 1.91. The Bertz CT molecular complexity index is 1760. The van der Waals surface area contributed by atoms with E-state index in [-0.39, 0.29) is 14.9 Å². The molecule has 0 saturated heterocycles. The molecular formula is C39H50N6O6. The summed E-state index contributed by atoms with van der Waals surface area (Å²) in [6, 6.07) is 23.3. The SMILES string of the molecule is C.C.CC(C)(C)OC(=O)N1CCOc2cnc(N)cc21.CC(C)(C)OC(=O)N1CCOc2cnc(N=C(c3ccccc3)c3ccccc3)cc21. The van der Waals surface area contributed by atoms with Crippen molar-refractivity contribution < 1.29 is 28.5 Å². The Morgan fingerprint density at radius 2 is 1.14 bits per heavy atom. The number of rotatable bonds is 3. The predicted molar refractivity (Wildman–Crippen MR) is 203 cm³/mol. The number of aliphatic imine (C=N–C) groups is 1. The lowest BCUT2D eigenvalue weighted by Gasteiger charge is -2.31. The molecule has 2 aliphatic heterocycles. The van der Waals surface area contributed by atoms with E-state index in [0.29, 0.717) is 60.8 Å². The summed E-state index contributed by atoms with van der Waals surface area (Å²) in [7, 11) is 0. The third-order valence-electron chi connectivity index (χ3n) is 6.98. The maximum atomic E-state index is 12.7. The molecule has 6 rings (SSSR count). The first-order valence-corrected chi connectivity index (χ1v) is 16.0. The molecule has 51 heavy (non-hydrogen) atoms. The highest BCUT2D eigenvalue weighted by molar-refractivity contribution is 6.13. The van der Waals surface area contributed by atoms with Gasteiger partial charge in [0.25, 0.3) is 0 Å². The number of nitrogens with two attached hydrogens (primary N) is 1. The van der Waals surface area contributed by atoms with Crippen molar-refractivity contribution in [2.75, 3.05) is 41.8 Å². The van der Waals surface area contributed by atoms with Gasteiger partial charge in [-0.1, -0.05) is 75.5 Å². The molecule has 0 radical (unpaired) electrons. The van der Waals surface area contributed by atoms with Gasteiger partial charge in [0.1, 0.15) is 30.2 Å². The van der Waals surface area contributed by atoms with E-state index in [9.17, 15) is 9.59 Å². The zero-order valence-corrected chi connectivity index (χ0v) is 28.7. The van der Waals surface area contributed by atoms with Gasteiger partial charge in [-0.3, -0.25) is 9.80 Å². The number of pyridine rings is 2. The number of benzene rings is 2. The minimum absolute atomic E-state index is 0. The van der Waals surface area contributed by atoms with Crippen molar-refractivity contribution in [2.24, 2.45) is 4.99 Å². The first-order chi connectivity index (χ1) is 23.3. The summed E-state index contributed by atoms with van der Waals surface area (Å²) in [5, 5.41) is 0. The third kappa shape index (κ3) is 10.7. The van der Waals surface area contributed by atoms with Gasteiger partial charge in [-0.15, -0.1) is 0 Å². The molecule has 0 aliphatic carbocycles. The molecule has 4 aromatic rings. The van der Waals surface area contributed by atoms with Crippen LogP contribution >= 0.6 is 0 Å². The highest BCUT2D eigenvalue weighted by Crippen LogP contribution is 2.35. The van der Waals surface area contributed by atoms with Gasteiger partial charge in [0.05, 0.1) is 42.6 Å². The second-order valence-corrected chi connectivity index (χ2v) is 13.2. The average molecular weight is 699 g/mol. The molecule has 0 bridgehead atoms. The van der Waals surface area contributed by atoms with Crippen molar-refractivity contribution in [3.8, 4) is 11.5 Å². The number of nitrogens with zero attached hydrogens (tertiary/aromatic N) is 5. The van der Waals surface area contributed by atoms with E-state index in [1.54, 1.807) is 23.2 Å².